The van der Waals surface area contributed by atoms with E-state index < -0.39 is 86.8 Å². The number of hydrogen-bond donors (Lipinski definition) is 9. The first-order valence-electron chi connectivity index (χ1n) is 35.2. The lowest BCUT2D eigenvalue weighted by Crippen LogP contribution is -2.65. The fraction of sp³-hybridized carbons (Fsp3) is 0.900. The normalized spacial score (nSPS) is 23.8. The number of nitrogens with one attached hydrogen (secondary N) is 1. The molecule has 2 rings (SSSR count). The second-order valence-corrected chi connectivity index (χ2v) is 25.0. The number of amides is 1. The van der Waals surface area contributed by atoms with Crippen LogP contribution in [-0.2, 0) is 23.7 Å². The highest BCUT2D eigenvalue weighted by Crippen LogP contribution is 2.30. The lowest BCUT2D eigenvalue weighted by atomic mass is 9.97. The third kappa shape index (κ3) is 39.3. The minimum atomic E-state index is -1.79. The van der Waals surface area contributed by atoms with Crippen LogP contribution >= 0.6 is 0 Å². The molecule has 2 aliphatic heterocycles. The molecule has 14 nitrogen and oxygen atoms in total. The first-order valence-corrected chi connectivity index (χ1v) is 35.2. The molecule has 0 aromatic carbocycles. The number of unbranched alkanes of at least 4 members (excludes halogenated alkanes) is 41. The summed E-state index contributed by atoms with van der Waals surface area (Å²) >= 11 is 0. The molecule has 0 aromatic heterocycles. The molecular weight excluding hydrogens is 1060 g/mol. The van der Waals surface area contributed by atoms with E-state index in [-0.39, 0.29) is 18.9 Å². The zero-order valence-electron chi connectivity index (χ0n) is 53.7. The average Bonchev–Trinajstić information content (AvgIpc) is 3.50. The van der Waals surface area contributed by atoms with Crippen molar-refractivity contribution >= 4 is 5.91 Å². The van der Waals surface area contributed by atoms with E-state index in [1.54, 1.807) is 6.08 Å². The minimum Gasteiger partial charge on any atom is -0.394 e. The topological polar surface area (TPSA) is 228 Å². The Morgan fingerprint density at radius 1 is 0.417 bits per heavy atom. The Morgan fingerprint density at radius 2 is 0.762 bits per heavy atom. The van der Waals surface area contributed by atoms with Crippen molar-refractivity contribution in [2.24, 2.45) is 0 Å². The number of rotatable bonds is 58. The van der Waals surface area contributed by atoms with E-state index in [0.29, 0.717) is 12.8 Å². The summed E-state index contributed by atoms with van der Waals surface area (Å²) < 4.78 is 22.8. The van der Waals surface area contributed by atoms with Crippen molar-refractivity contribution in [3.63, 3.8) is 0 Å². The molecule has 14 heteroatoms. The van der Waals surface area contributed by atoms with Gasteiger partial charge < -0.3 is 65.1 Å². The molecule has 0 radical (unpaired) electrons. The Balaban J connectivity index is 1.66. The Bertz CT molecular complexity index is 1550. The Kier molecular flexibility index (Phi) is 51.5. The first kappa shape index (κ1) is 78.3. The van der Waals surface area contributed by atoms with Gasteiger partial charge in [0.1, 0.15) is 48.8 Å². The van der Waals surface area contributed by atoms with E-state index in [0.717, 1.165) is 44.9 Å². The van der Waals surface area contributed by atoms with E-state index in [2.05, 4.69) is 43.5 Å². The predicted molar refractivity (Wildman–Crippen MR) is 341 cm³/mol. The fourth-order valence-electron chi connectivity index (χ4n) is 11.7. The second-order valence-electron chi connectivity index (χ2n) is 25.0. The molecule has 84 heavy (non-hydrogen) atoms. The summed E-state index contributed by atoms with van der Waals surface area (Å²) in [6.07, 6.45) is 53.6. The van der Waals surface area contributed by atoms with Crippen molar-refractivity contribution in [1.29, 1.82) is 0 Å². The molecule has 494 valence electrons. The standard InChI is InChI=1S/C70H131NO13/c1-3-5-7-9-11-13-15-17-19-21-23-24-25-26-27-28-29-30-31-32-33-34-36-38-40-42-44-46-48-50-52-54-62(75)71-58(59(74)53-51-49-47-45-43-41-39-37-35-22-20-18-16-14-12-10-8-6-4-2)57-81-69-67(80)65(78)68(61(56-73)83-69)84-70-66(79)64(77)63(76)60(55-72)82-70/h35,37,43,45,51,53,58-61,63-70,72-74,76-80H,3-34,36,38-42,44,46-50,52,54-57H2,1-2H3,(H,71,75)/b37-35+,45-43+,53-51+. The third-order valence-corrected chi connectivity index (χ3v) is 17.3. The number of aliphatic hydroxyl groups excluding tert-OH is 8. The molecule has 0 spiro atoms. The van der Waals surface area contributed by atoms with Crippen molar-refractivity contribution in [3.05, 3.63) is 36.5 Å². The SMILES string of the molecule is CCCCCCCCCCC/C=C/CC/C=C/CC/C=C/C(O)C(COC1OC(CO)C(OC2OC(CO)C(O)C(O)C2O)C(O)C1O)NC(=O)CCCCCCCCCCCCCCCCCCCCCCCCCCCCCCCCC. The van der Waals surface area contributed by atoms with Gasteiger partial charge in [0, 0.05) is 6.42 Å². The van der Waals surface area contributed by atoms with Gasteiger partial charge in [-0.25, -0.2) is 0 Å². The molecule has 2 heterocycles. The molecule has 0 aliphatic carbocycles. The minimum absolute atomic E-state index is 0.247. The van der Waals surface area contributed by atoms with Crippen molar-refractivity contribution in [3.8, 4) is 0 Å². The molecule has 2 fully saturated rings. The van der Waals surface area contributed by atoms with Gasteiger partial charge in [0.25, 0.3) is 0 Å². The molecular formula is C70H131NO13. The Hall–Kier alpha value is -1.79. The molecule has 2 saturated heterocycles. The maximum Gasteiger partial charge on any atom is 0.220 e. The Morgan fingerprint density at radius 3 is 1.17 bits per heavy atom. The highest BCUT2D eigenvalue weighted by molar-refractivity contribution is 5.76. The largest absolute Gasteiger partial charge is 0.394 e. The first-order chi connectivity index (χ1) is 41.1. The van der Waals surface area contributed by atoms with E-state index in [1.165, 1.54) is 231 Å². The number of carbonyl (C=O) groups is 1. The number of hydrogen-bond acceptors (Lipinski definition) is 13. The van der Waals surface area contributed by atoms with Gasteiger partial charge in [-0.15, -0.1) is 0 Å². The van der Waals surface area contributed by atoms with Crippen LogP contribution in [0, 0.1) is 0 Å². The van der Waals surface area contributed by atoms with Gasteiger partial charge in [-0.3, -0.25) is 4.79 Å². The summed E-state index contributed by atoms with van der Waals surface area (Å²) in [5, 5.41) is 87.3. The van der Waals surface area contributed by atoms with Gasteiger partial charge in [0.05, 0.1) is 32.0 Å². The molecule has 0 saturated carbocycles. The van der Waals surface area contributed by atoms with Crippen molar-refractivity contribution in [1.82, 2.24) is 5.32 Å². The quantitative estimate of drug-likeness (QED) is 0.0204. The van der Waals surface area contributed by atoms with Gasteiger partial charge >= 0.3 is 0 Å². The lowest BCUT2D eigenvalue weighted by molar-refractivity contribution is -0.359. The number of aliphatic hydroxyl groups is 8. The van der Waals surface area contributed by atoms with Crippen LogP contribution in [0.5, 0.6) is 0 Å². The number of allylic oxidation sites excluding steroid dienone is 5. The van der Waals surface area contributed by atoms with E-state index >= 15 is 0 Å². The highest BCUT2D eigenvalue weighted by Gasteiger charge is 2.51. The van der Waals surface area contributed by atoms with Crippen molar-refractivity contribution in [2.75, 3.05) is 19.8 Å². The molecule has 9 N–H and O–H groups in total. The summed E-state index contributed by atoms with van der Waals surface area (Å²) in [5.41, 5.74) is 0. The predicted octanol–water partition coefficient (Wildman–Crippen LogP) is 14.1. The molecule has 2 aliphatic rings. The summed E-state index contributed by atoms with van der Waals surface area (Å²) in [5.74, 6) is -0.247. The van der Waals surface area contributed by atoms with Crippen LogP contribution in [0.15, 0.2) is 36.5 Å². The van der Waals surface area contributed by atoms with Crippen LogP contribution in [0.1, 0.15) is 309 Å². The molecule has 12 atom stereocenters. The smallest absolute Gasteiger partial charge is 0.220 e. The van der Waals surface area contributed by atoms with Crippen LogP contribution in [0.3, 0.4) is 0 Å². The number of ether oxygens (including phenoxy) is 4. The molecule has 0 bridgehead atoms. The number of carbonyl (C=O) groups excluding carboxylic acids is 1. The van der Waals surface area contributed by atoms with E-state index in [1.807, 2.05) is 6.08 Å². The Labute approximate surface area is 512 Å². The third-order valence-electron chi connectivity index (χ3n) is 17.3. The van der Waals surface area contributed by atoms with E-state index in [4.69, 9.17) is 18.9 Å². The average molecular weight is 1190 g/mol. The van der Waals surface area contributed by atoms with Gasteiger partial charge in [-0.05, 0) is 44.9 Å². The van der Waals surface area contributed by atoms with Crippen molar-refractivity contribution in [2.45, 2.75) is 383 Å². The summed E-state index contributed by atoms with van der Waals surface area (Å²) in [4.78, 5) is 13.3. The monoisotopic (exact) mass is 1190 g/mol. The van der Waals surface area contributed by atoms with Gasteiger partial charge in [-0.2, -0.15) is 0 Å². The second kappa shape index (κ2) is 55.3. The zero-order valence-corrected chi connectivity index (χ0v) is 53.7. The van der Waals surface area contributed by atoms with E-state index in [9.17, 15) is 45.6 Å². The maximum absolute atomic E-state index is 13.3. The molecule has 1 amide bonds. The lowest BCUT2D eigenvalue weighted by Gasteiger charge is -2.46. The van der Waals surface area contributed by atoms with Crippen LogP contribution in [0.25, 0.3) is 0 Å². The molecule has 12 unspecified atom stereocenters. The maximum atomic E-state index is 13.3. The zero-order chi connectivity index (χ0) is 60.9. The van der Waals surface area contributed by atoms with Crippen LogP contribution < -0.4 is 5.32 Å². The van der Waals surface area contributed by atoms with Gasteiger partial charge in [0.15, 0.2) is 12.6 Å². The molecule has 0 aromatic rings. The fourth-order valence-corrected chi connectivity index (χ4v) is 11.7. The summed E-state index contributed by atoms with van der Waals surface area (Å²) in [6, 6.07) is -0.936. The summed E-state index contributed by atoms with van der Waals surface area (Å²) in [7, 11) is 0. The highest BCUT2D eigenvalue weighted by atomic mass is 16.7. The van der Waals surface area contributed by atoms with Crippen molar-refractivity contribution < 1.29 is 64.6 Å². The van der Waals surface area contributed by atoms with Gasteiger partial charge in [-0.1, -0.05) is 294 Å². The van der Waals surface area contributed by atoms with Crippen LogP contribution in [-0.4, -0.2) is 140 Å². The van der Waals surface area contributed by atoms with Crippen LogP contribution in [0.2, 0.25) is 0 Å². The van der Waals surface area contributed by atoms with Crippen LogP contribution in [0.4, 0.5) is 0 Å². The summed E-state index contributed by atoms with van der Waals surface area (Å²) in [6.45, 7) is 2.81. The van der Waals surface area contributed by atoms with Gasteiger partial charge in [0.2, 0.25) is 5.91 Å².